The molecule has 0 saturated carbocycles. The van der Waals surface area contributed by atoms with Crippen LogP contribution in [0.15, 0.2) is 0 Å². The van der Waals surface area contributed by atoms with Crippen molar-refractivity contribution in [2.24, 2.45) is 0 Å². The molecule has 0 rings (SSSR count). The number of aliphatic hydroxyl groups is 3. The minimum absolute atomic E-state index is 0.365. The summed E-state index contributed by atoms with van der Waals surface area (Å²) in [5.41, 5.74) is 0. The normalized spacial score (nSPS) is 14.5. The van der Waals surface area contributed by atoms with E-state index in [0.717, 1.165) is 0 Å². The fourth-order valence-electron chi connectivity index (χ4n) is 0.0577. The van der Waals surface area contributed by atoms with Crippen molar-refractivity contribution in [1.82, 2.24) is 0 Å². The summed E-state index contributed by atoms with van der Waals surface area (Å²) >= 11 is 0. The van der Waals surface area contributed by atoms with E-state index >= 15 is 0 Å². The van der Waals surface area contributed by atoms with Crippen molar-refractivity contribution in [2.45, 2.75) is 6.10 Å². The molecule has 0 aromatic heterocycles. The van der Waals surface area contributed by atoms with Crippen LogP contribution in [0.3, 0.4) is 0 Å². The molecule has 38 valence electrons. The molecule has 3 N–H and O–H groups in total. The van der Waals surface area contributed by atoms with Crippen LogP contribution >= 0.6 is 0 Å². The van der Waals surface area contributed by atoms with Crippen molar-refractivity contribution < 1.29 is 15.3 Å². The Morgan fingerprint density at radius 3 is 1.50 bits per heavy atom. The molecule has 0 aliphatic heterocycles. The van der Waals surface area contributed by atoms with Crippen LogP contribution in [0, 0.1) is 0 Å². The third-order valence-electron chi connectivity index (χ3n) is 0.421. The summed E-state index contributed by atoms with van der Waals surface area (Å²) < 4.78 is 0. The van der Waals surface area contributed by atoms with E-state index in [0.29, 0.717) is 0 Å². The Labute approximate surface area is 35.9 Å². The van der Waals surface area contributed by atoms with Crippen molar-refractivity contribution in [3.05, 3.63) is 0 Å². The van der Waals surface area contributed by atoms with Crippen LogP contribution in [0.2, 0.25) is 0 Å². The topological polar surface area (TPSA) is 60.7 Å². The second-order valence-corrected chi connectivity index (χ2v) is 1.02. The zero-order chi connectivity index (χ0) is 4.99. The van der Waals surface area contributed by atoms with Crippen LogP contribution in [0.5, 0.6) is 0 Å². The van der Waals surface area contributed by atoms with Gasteiger partial charge in [0.05, 0.1) is 13.2 Å². The quantitative estimate of drug-likeness (QED) is 0.358. The van der Waals surface area contributed by atoms with Gasteiger partial charge in [-0.2, -0.15) is 0 Å². The average molecular weight is 94.1 g/mol. The van der Waals surface area contributed by atoms with E-state index < -0.39 is 6.10 Å². The number of hydrogen-bond acceptors (Lipinski definition) is 3. The van der Waals surface area contributed by atoms with E-state index in [4.69, 9.17) is 15.3 Å². The Balaban J connectivity index is 2.75. The molecular formula is C3H8O3. The summed E-state index contributed by atoms with van der Waals surface area (Å²) in [6, 6.07) is 0. The molecule has 0 aromatic rings. The molecule has 0 fully saturated rings. The smallest absolute Gasteiger partial charge is 0.100 e. The predicted molar refractivity (Wildman–Crippen MR) is 20.2 cm³/mol. The highest BCUT2D eigenvalue weighted by molar-refractivity contribution is 4.43. The fourth-order valence-corrected chi connectivity index (χ4v) is 0.0577. The predicted octanol–water partition coefficient (Wildman–Crippen LogP) is -1.67. The molecule has 0 saturated heterocycles. The van der Waals surface area contributed by atoms with Crippen molar-refractivity contribution in [3.63, 3.8) is 0 Å². The van der Waals surface area contributed by atoms with E-state index in [9.17, 15) is 0 Å². The van der Waals surface area contributed by atoms with Gasteiger partial charge >= 0.3 is 0 Å². The molecule has 0 aromatic carbocycles. The molecule has 1 atom stereocenters. The summed E-state index contributed by atoms with van der Waals surface area (Å²) in [4.78, 5) is 0. The van der Waals surface area contributed by atoms with Gasteiger partial charge in [0, 0.05) is 0 Å². The number of aliphatic hydroxyl groups excluding tert-OH is 3. The third-order valence-corrected chi connectivity index (χ3v) is 0.421. The number of hydrogen-bond donors (Lipinski definition) is 3. The van der Waals surface area contributed by atoms with Crippen LogP contribution in [-0.2, 0) is 0 Å². The molecule has 3 nitrogen and oxygen atoms in total. The van der Waals surface area contributed by atoms with E-state index in [2.05, 4.69) is 0 Å². The van der Waals surface area contributed by atoms with Gasteiger partial charge in [-0.05, 0) is 0 Å². The van der Waals surface area contributed by atoms with E-state index in [1.807, 2.05) is 0 Å². The van der Waals surface area contributed by atoms with E-state index in [1.54, 1.807) is 0 Å². The summed E-state index contributed by atoms with van der Waals surface area (Å²) in [6.45, 7) is -0.729. The molecule has 0 aliphatic rings. The first-order valence-corrected chi connectivity index (χ1v) is 1.71. The van der Waals surface area contributed by atoms with Gasteiger partial charge in [0.25, 0.3) is 0 Å². The van der Waals surface area contributed by atoms with Crippen LogP contribution in [0.25, 0.3) is 0 Å². The first-order chi connectivity index (χ1) is 2.81. The van der Waals surface area contributed by atoms with Crippen molar-refractivity contribution >= 4 is 0 Å². The molecule has 0 aliphatic carbocycles. The Bertz CT molecular complexity index is 25.2. The van der Waals surface area contributed by atoms with Crippen LogP contribution in [0.1, 0.15) is 0 Å². The molecule has 6 heavy (non-hydrogen) atoms. The van der Waals surface area contributed by atoms with Gasteiger partial charge in [0.2, 0.25) is 0 Å². The second-order valence-electron chi connectivity index (χ2n) is 1.02. The molecule has 3 heteroatoms. The van der Waals surface area contributed by atoms with Crippen molar-refractivity contribution in [1.29, 1.82) is 0 Å². The number of rotatable bonds is 2. The van der Waals surface area contributed by atoms with Crippen molar-refractivity contribution in [3.8, 4) is 0 Å². The lowest BCUT2D eigenvalue weighted by atomic mass is 11.0. The summed E-state index contributed by atoms with van der Waals surface area (Å²) in [5.74, 6) is 0. The lowest BCUT2D eigenvalue weighted by Crippen LogP contribution is -2.15. The zero-order valence-electron chi connectivity index (χ0n) is 3.33. The first kappa shape index (κ1) is 5.88. The maximum absolute atomic E-state index is 8.17. The van der Waals surface area contributed by atoms with E-state index in [1.165, 1.54) is 0 Å². The van der Waals surface area contributed by atoms with Gasteiger partial charge < -0.3 is 15.3 Å². The Hall–Kier alpha value is -0.120. The molecule has 0 spiro atoms. The average Bonchev–Trinajstić information content (AvgIpc) is 1.65. The maximum atomic E-state index is 8.17. The van der Waals surface area contributed by atoms with Gasteiger partial charge in [0.1, 0.15) is 6.10 Å². The summed E-state index contributed by atoms with van der Waals surface area (Å²) in [5, 5.41) is 24.0. The Kier molecular flexibility index (Phi) is 3.02. The lowest BCUT2D eigenvalue weighted by molar-refractivity contribution is 0.0450. The third kappa shape index (κ3) is 2.14. The van der Waals surface area contributed by atoms with Crippen LogP contribution < -0.4 is 0 Å². The van der Waals surface area contributed by atoms with Gasteiger partial charge in [-0.1, -0.05) is 0 Å². The minimum atomic E-state index is -0.954. The van der Waals surface area contributed by atoms with Gasteiger partial charge in [-0.25, -0.2) is 0 Å². The monoisotopic (exact) mass is 94.1 g/mol. The molecule has 0 amide bonds. The van der Waals surface area contributed by atoms with Gasteiger partial charge in [0.15, 0.2) is 0 Å². The summed E-state index contributed by atoms with van der Waals surface area (Å²) in [6.07, 6.45) is -0.954. The standard InChI is InChI=1S/C3H8O3/c4-1-3(6)2-5/h3-6H,1-2H2/i1+1,3+1. The summed E-state index contributed by atoms with van der Waals surface area (Å²) in [7, 11) is 0. The molecule has 0 bridgehead atoms. The Morgan fingerprint density at radius 2 is 1.50 bits per heavy atom. The van der Waals surface area contributed by atoms with Crippen LogP contribution in [-0.4, -0.2) is 34.6 Å². The zero-order valence-corrected chi connectivity index (χ0v) is 3.33. The molecule has 0 radical (unpaired) electrons. The lowest BCUT2D eigenvalue weighted by Gasteiger charge is -1.96. The molecular weight excluding hydrogens is 86.0 g/mol. The minimum Gasteiger partial charge on any atom is -0.394 e. The highest BCUT2D eigenvalue weighted by Gasteiger charge is 1.93. The maximum Gasteiger partial charge on any atom is 0.100 e. The SMILES string of the molecule is OC[13CH](O)[13CH2]O. The molecule has 0 heterocycles. The largest absolute Gasteiger partial charge is 0.394 e. The second kappa shape index (κ2) is 3.08. The van der Waals surface area contributed by atoms with Gasteiger partial charge in [-0.3, -0.25) is 0 Å². The highest BCUT2D eigenvalue weighted by Crippen LogP contribution is 1.71. The molecule has 1 unspecified atom stereocenters. The highest BCUT2D eigenvalue weighted by atomic mass is 16.5. The van der Waals surface area contributed by atoms with Gasteiger partial charge in [-0.15, -0.1) is 0 Å². The fraction of sp³-hybridized carbons (Fsp3) is 1.00. The van der Waals surface area contributed by atoms with E-state index in [-0.39, 0.29) is 13.2 Å². The van der Waals surface area contributed by atoms with Crippen LogP contribution in [0.4, 0.5) is 0 Å². The Morgan fingerprint density at radius 1 is 1.17 bits per heavy atom. The van der Waals surface area contributed by atoms with Crippen molar-refractivity contribution in [2.75, 3.05) is 13.2 Å². The first-order valence-electron chi connectivity index (χ1n) is 1.71.